The van der Waals surface area contributed by atoms with Crippen LogP contribution in [0.5, 0.6) is 0 Å². The predicted molar refractivity (Wildman–Crippen MR) is 56.8 cm³/mol. The molecule has 0 unspecified atom stereocenters. The van der Waals surface area contributed by atoms with Crippen molar-refractivity contribution >= 4 is 19.6 Å². The van der Waals surface area contributed by atoms with E-state index in [1.807, 2.05) is 6.92 Å². The van der Waals surface area contributed by atoms with Crippen molar-refractivity contribution in [2.75, 3.05) is 5.75 Å². The molecule has 0 aromatic carbocycles. The van der Waals surface area contributed by atoms with E-state index in [0.717, 1.165) is 11.3 Å². The third-order valence-electron chi connectivity index (χ3n) is 1.82. The summed E-state index contributed by atoms with van der Waals surface area (Å²) in [5.41, 5.74) is 0. The minimum Gasteiger partial charge on any atom is -0.213 e. The molecular formula is C9H13BF4S. The lowest BCUT2D eigenvalue weighted by Gasteiger charge is -2.23. The first kappa shape index (κ1) is 14.9. The molecule has 0 fully saturated rings. The fourth-order valence-corrected chi connectivity index (χ4v) is 1.56. The maximum atomic E-state index is 12.6. The van der Waals surface area contributed by atoms with Gasteiger partial charge in [0.25, 0.3) is 11.7 Å². The molecule has 2 radical (unpaired) electrons. The van der Waals surface area contributed by atoms with Crippen molar-refractivity contribution in [1.82, 2.24) is 0 Å². The molecule has 6 heteroatoms. The van der Waals surface area contributed by atoms with Crippen LogP contribution in [0.4, 0.5) is 17.6 Å². The van der Waals surface area contributed by atoms with Gasteiger partial charge in [-0.1, -0.05) is 13.5 Å². The molecule has 86 valence electrons. The maximum Gasteiger partial charge on any atom is 0.300 e. The summed E-state index contributed by atoms with van der Waals surface area (Å²) >= 11 is 1.31. The van der Waals surface area contributed by atoms with Crippen molar-refractivity contribution in [2.45, 2.75) is 37.9 Å². The number of hydrogen-bond acceptors (Lipinski definition) is 1. The molecule has 0 rings (SSSR count). The van der Waals surface area contributed by atoms with Gasteiger partial charge in [0.1, 0.15) is 0 Å². The SMILES string of the molecule is [B]C(F)(F)C(F)(F)CCCSC(=C)CC. The summed E-state index contributed by atoms with van der Waals surface area (Å²) in [6, 6.07) is 0. The van der Waals surface area contributed by atoms with Gasteiger partial charge in [0.15, 0.2) is 7.85 Å². The molecule has 0 nitrogen and oxygen atoms in total. The van der Waals surface area contributed by atoms with Crippen molar-refractivity contribution in [3.05, 3.63) is 11.5 Å². The third-order valence-corrected chi connectivity index (χ3v) is 3.01. The van der Waals surface area contributed by atoms with Gasteiger partial charge in [0.05, 0.1) is 0 Å². The molecular weight excluding hydrogens is 227 g/mol. The lowest BCUT2D eigenvalue weighted by atomic mass is 9.89. The van der Waals surface area contributed by atoms with Crippen LogP contribution >= 0.6 is 11.8 Å². The molecule has 0 aromatic heterocycles. The Bertz CT molecular complexity index is 213. The number of rotatable bonds is 7. The summed E-state index contributed by atoms with van der Waals surface area (Å²) in [7, 11) is 4.07. The number of thioether (sulfide) groups is 1. The summed E-state index contributed by atoms with van der Waals surface area (Å²) < 4.78 is 49.6. The molecule has 0 aliphatic heterocycles. The van der Waals surface area contributed by atoms with Gasteiger partial charge < -0.3 is 0 Å². The van der Waals surface area contributed by atoms with Crippen LogP contribution in [0.25, 0.3) is 0 Å². The minimum absolute atomic E-state index is 0.0104. The van der Waals surface area contributed by atoms with Crippen LogP contribution in [0.3, 0.4) is 0 Å². The second kappa shape index (κ2) is 5.82. The standard InChI is InChI=1S/C9H13BF4S/c1-3-7(2)15-6-4-5-8(11,12)9(10,13)14/h2-6H2,1H3. The van der Waals surface area contributed by atoms with Crippen molar-refractivity contribution in [2.24, 2.45) is 0 Å². The predicted octanol–water partition coefficient (Wildman–Crippen LogP) is 3.82. The van der Waals surface area contributed by atoms with Crippen LogP contribution < -0.4 is 0 Å². The summed E-state index contributed by atoms with van der Waals surface area (Å²) in [6.07, 6.45) is -0.169. The highest BCUT2D eigenvalue weighted by Gasteiger charge is 2.50. The third kappa shape index (κ3) is 5.49. The zero-order valence-corrected chi connectivity index (χ0v) is 9.35. The van der Waals surface area contributed by atoms with Crippen LogP contribution in [0.2, 0.25) is 0 Å². The van der Waals surface area contributed by atoms with Gasteiger partial charge in [0, 0.05) is 6.42 Å². The molecule has 0 aliphatic carbocycles. The van der Waals surface area contributed by atoms with E-state index >= 15 is 0 Å². The van der Waals surface area contributed by atoms with Gasteiger partial charge in [-0.15, -0.1) is 11.8 Å². The largest absolute Gasteiger partial charge is 0.300 e. The summed E-state index contributed by atoms with van der Waals surface area (Å²) in [6.45, 7) is 5.55. The topological polar surface area (TPSA) is 0 Å². The Balaban J connectivity index is 3.82. The first-order valence-electron chi connectivity index (χ1n) is 4.56. The van der Waals surface area contributed by atoms with Crippen LogP contribution in [0.15, 0.2) is 11.5 Å². The van der Waals surface area contributed by atoms with E-state index in [2.05, 4.69) is 14.4 Å². The van der Waals surface area contributed by atoms with E-state index in [9.17, 15) is 17.6 Å². The Labute approximate surface area is 92.9 Å². The Hall–Kier alpha value is -0.125. The van der Waals surface area contributed by atoms with Crippen molar-refractivity contribution in [3.63, 3.8) is 0 Å². The number of halogens is 4. The summed E-state index contributed by atoms with van der Waals surface area (Å²) in [4.78, 5) is 0.859. The highest BCUT2D eigenvalue weighted by molar-refractivity contribution is 8.03. The Morgan fingerprint density at radius 2 is 1.87 bits per heavy atom. The van der Waals surface area contributed by atoms with Gasteiger partial charge in [-0.3, -0.25) is 0 Å². The molecule has 0 amide bonds. The molecule has 0 spiro atoms. The average molecular weight is 240 g/mol. The summed E-state index contributed by atoms with van der Waals surface area (Å²) in [5.74, 6) is -8.20. The molecule has 15 heavy (non-hydrogen) atoms. The fraction of sp³-hybridized carbons (Fsp3) is 0.778. The van der Waals surface area contributed by atoms with Crippen molar-refractivity contribution in [3.8, 4) is 0 Å². The molecule has 0 aliphatic rings. The monoisotopic (exact) mass is 240 g/mol. The quantitative estimate of drug-likeness (QED) is 0.370. The number of allylic oxidation sites excluding steroid dienone is 1. The van der Waals surface area contributed by atoms with E-state index in [4.69, 9.17) is 0 Å². The second-order valence-corrected chi connectivity index (χ2v) is 4.45. The maximum absolute atomic E-state index is 12.6. The highest BCUT2D eigenvalue weighted by Crippen LogP contribution is 2.35. The van der Waals surface area contributed by atoms with Gasteiger partial charge in [-0.25, -0.2) is 17.6 Å². The Kier molecular flexibility index (Phi) is 5.77. The molecule has 0 aromatic rings. The van der Waals surface area contributed by atoms with Gasteiger partial charge in [-0.05, 0) is 23.5 Å². The highest BCUT2D eigenvalue weighted by atomic mass is 32.2. The van der Waals surface area contributed by atoms with Gasteiger partial charge in [-0.2, -0.15) is 0 Å². The van der Waals surface area contributed by atoms with Crippen LogP contribution in [0.1, 0.15) is 26.2 Å². The number of hydrogen-bond donors (Lipinski definition) is 0. The molecule has 0 bridgehead atoms. The molecule has 0 heterocycles. The zero-order valence-electron chi connectivity index (χ0n) is 8.53. The van der Waals surface area contributed by atoms with Crippen LogP contribution in [-0.2, 0) is 0 Å². The van der Waals surface area contributed by atoms with Crippen molar-refractivity contribution in [1.29, 1.82) is 0 Å². The normalized spacial score (nSPS) is 12.9. The smallest absolute Gasteiger partial charge is 0.213 e. The Morgan fingerprint density at radius 3 is 2.27 bits per heavy atom. The van der Waals surface area contributed by atoms with E-state index in [-0.39, 0.29) is 6.42 Å². The lowest BCUT2D eigenvalue weighted by Crippen LogP contribution is -2.40. The van der Waals surface area contributed by atoms with E-state index < -0.39 is 18.2 Å². The Morgan fingerprint density at radius 1 is 1.33 bits per heavy atom. The summed E-state index contributed by atoms with van der Waals surface area (Å²) in [5, 5.41) is 0. The lowest BCUT2D eigenvalue weighted by molar-refractivity contribution is -0.161. The van der Waals surface area contributed by atoms with Crippen LogP contribution in [0, 0.1) is 0 Å². The van der Waals surface area contributed by atoms with Gasteiger partial charge >= 0.3 is 0 Å². The van der Waals surface area contributed by atoms with Gasteiger partial charge in [0.2, 0.25) is 0 Å². The van der Waals surface area contributed by atoms with E-state index in [0.29, 0.717) is 5.75 Å². The van der Waals surface area contributed by atoms with Crippen LogP contribution in [-0.4, -0.2) is 25.3 Å². The molecule has 0 atom stereocenters. The first-order valence-corrected chi connectivity index (χ1v) is 5.54. The first-order chi connectivity index (χ1) is 6.70. The fourth-order valence-electron chi connectivity index (χ4n) is 0.779. The van der Waals surface area contributed by atoms with E-state index in [1.54, 1.807) is 0 Å². The number of alkyl halides is 4. The zero-order chi connectivity index (χ0) is 12.1. The molecule has 0 N–H and O–H groups in total. The van der Waals surface area contributed by atoms with E-state index in [1.165, 1.54) is 11.8 Å². The molecule has 0 saturated heterocycles. The average Bonchev–Trinajstić information content (AvgIpc) is 2.10. The van der Waals surface area contributed by atoms with Crippen molar-refractivity contribution < 1.29 is 17.6 Å². The molecule has 0 saturated carbocycles. The second-order valence-electron chi connectivity index (χ2n) is 3.17. The minimum atomic E-state index is -4.43.